The van der Waals surface area contributed by atoms with Crippen LogP contribution < -0.4 is 9.80 Å². The second kappa shape index (κ2) is 23.3. The van der Waals surface area contributed by atoms with Crippen LogP contribution in [0.2, 0.25) is 0 Å². The van der Waals surface area contributed by atoms with E-state index in [1.807, 2.05) is 51.1 Å². The molecule has 0 atom stereocenters. The largest absolute Gasteiger partial charge is 0.344 e. The zero-order chi connectivity index (χ0) is 50.6. The third kappa shape index (κ3) is 10.6. The molecular formula is C69H66N2. The van der Waals surface area contributed by atoms with Gasteiger partial charge in [-0.25, -0.2) is 0 Å². The quantitative estimate of drug-likeness (QED) is 0.0792. The van der Waals surface area contributed by atoms with Gasteiger partial charge >= 0.3 is 0 Å². The van der Waals surface area contributed by atoms with Crippen molar-refractivity contribution in [3.05, 3.63) is 258 Å². The van der Waals surface area contributed by atoms with E-state index in [9.17, 15) is 0 Å². The predicted octanol–water partition coefficient (Wildman–Crippen LogP) is 19.6. The molecule has 71 heavy (non-hydrogen) atoms. The summed E-state index contributed by atoms with van der Waals surface area (Å²) in [6.07, 6.45) is 15.9. The number of terminal acetylenes is 1. The van der Waals surface area contributed by atoms with Crippen molar-refractivity contribution in [1.82, 2.24) is 0 Å². The minimum Gasteiger partial charge on any atom is -0.344 e. The van der Waals surface area contributed by atoms with E-state index in [1.165, 1.54) is 44.5 Å². The highest BCUT2D eigenvalue weighted by molar-refractivity contribution is 5.96. The molecule has 2 heteroatoms. The molecular weight excluding hydrogens is 857 g/mol. The lowest BCUT2D eigenvalue weighted by Gasteiger charge is -2.30. The fourth-order valence-corrected chi connectivity index (χ4v) is 9.59. The highest BCUT2D eigenvalue weighted by Gasteiger charge is 2.23. The van der Waals surface area contributed by atoms with Gasteiger partial charge in [0.15, 0.2) is 0 Å². The molecule has 0 aliphatic rings. The first-order chi connectivity index (χ1) is 34.6. The first kappa shape index (κ1) is 50.5. The van der Waals surface area contributed by atoms with Crippen LogP contribution in [-0.4, -0.2) is 7.05 Å². The monoisotopic (exact) mass is 923 g/mol. The highest BCUT2D eigenvalue weighted by Crippen LogP contribution is 2.46. The van der Waals surface area contributed by atoms with E-state index in [2.05, 4.69) is 246 Å². The van der Waals surface area contributed by atoms with Crippen molar-refractivity contribution >= 4 is 39.6 Å². The normalized spacial score (nSPS) is 11.5. The summed E-state index contributed by atoms with van der Waals surface area (Å²) in [5.41, 5.74) is 24.9. The Hall–Kier alpha value is -8.38. The zero-order valence-corrected chi connectivity index (χ0v) is 43.0. The topological polar surface area (TPSA) is 6.48 Å². The molecule has 0 aliphatic carbocycles. The van der Waals surface area contributed by atoms with Crippen LogP contribution >= 0.6 is 0 Å². The molecule has 0 radical (unpaired) electrons. The molecule has 0 N–H and O–H groups in total. The summed E-state index contributed by atoms with van der Waals surface area (Å²) >= 11 is 0. The molecule has 0 amide bonds. The minimum atomic E-state index is 0.972. The Kier molecular flexibility index (Phi) is 16.6. The number of hydrogen-bond donors (Lipinski definition) is 0. The van der Waals surface area contributed by atoms with Crippen molar-refractivity contribution in [2.24, 2.45) is 0 Å². The maximum absolute atomic E-state index is 6.01. The Bertz CT molecular complexity index is 3310. The summed E-state index contributed by atoms with van der Waals surface area (Å²) in [6.45, 7) is 25.1. The number of benzene rings is 8. The Labute approximate surface area is 425 Å². The van der Waals surface area contributed by atoms with E-state index in [1.54, 1.807) is 0 Å². The molecule has 8 rings (SSSR count). The first-order valence-corrected chi connectivity index (χ1v) is 24.6. The number of hydrogen-bond acceptors (Lipinski definition) is 2. The molecule has 8 aromatic carbocycles. The lowest BCUT2D eigenvalue weighted by Crippen LogP contribution is -2.12. The molecule has 2 nitrogen and oxygen atoms in total. The molecule has 0 heterocycles. The Morgan fingerprint density at radius 3 is 1.75 bits per heavy atom. The average Bonchev–Trinajstić information content (AvgIpc) is 3.40. The fraction of sp³-hybridized carbons (Fsp3) is 0.130. The molecule has 0 saturated carbocycles. The summed E-state index contributed by atoms with van der Waals surface area (Å²) in [4.78, 5) is 4.64. The SMILES string of the molecule is C#C/C=C(\C=C/C)c1c(-c2ccc(N(c3ccc(-c4ccc(C)c(/C(C=C)=C(\C)C=C)c4)cc3)c3cccc(C)c3-c3cccc(-c4ccccc4C)c3C)cc2)cccc1N(C)c1ccccc1.CC. The van der Waals surface area contributed by atoms with Crippen LogP contribution in [0.4, 0.5) is 28.4 Å². The van der Waals surface area contributed by atoms with E-state index in [0.717, 1.165) is 78.5 Å². The van der Waals surface area contributed by atoms with Crippen LogP contribution in [-0.2, 0) is 0 Å². The number of nitrogens with zero attached hydrogens (tertiary/aromatic N) is 2. The van der Waals surface area contributed by atoms with E-state index >= 15 is 0 Å². The van der Waals surface area contributed by atoms with E-state index in [-0.39, 0.29) is 0 Å². The summed E-state index contributed by atoms with van der Waals surface area (Å²) in [5.74, 6) is 2.82. The molecule has 0 fully saturated rings. The maximum atomic E-state index is 6.01. The van der Waals surface area contributed by atoms with Crippen LogP contribution in [0.15, 0.2) is 225 Å². The number of aryl methyl sites for hydroxylation is 3. The lowest BCUT2D eigenvalue weighted by molar-refractivity contribution is 1.20. The summed E-state index contributed by atoms with van der Waals surface area (Å²) in [5, 5.41) is 0. The number of anilines is 5. The van der Waals surface area contributed by atoms with Gasteiger partial charge in [-0.1, -0.05) is 179 Å². The van der Waals surface area contributed by atoms with Crippen LogP contribution in [0.3, 0.4) is 0 Å². The second-order valence-electron chi connectivity index (χ2n) is 17.6. The Morgan fingerprint density at radius 1 is 0.535 bits per heavy atom. The van der Waals surface area contributed by atoms with E-state index in [0.29, 0.717) is 0 Å². The zero-order valence-electron chi connectivity index (χ0n) is 43.0. The highest BCUT2D eigenvalue weighted by atomic mass is 15.1. The maximum Gasteiger partial charge on any atom is 0.0542 e. The van der Waals surface area contributed by atoms with Crippen molar-refractivity contribution in [2.75, 3.05) is 16.8 Å². The third-order valence-corrected chi connectivity index (χ3v) is 13.3. The van der Waals surface area contributed by atoms with Crippen LogP contribution in [0.25, 0.3) is 55.7 Å². The third-order valence-electron chi connectivity index (χ3n) is 13.3. The van der Waals surface area contributed by atoms with Crippen LogP contribution in [0.5, 0.6) is 0 Å². The summed E-state index contributed by atoms with van der Waals surface area (Å²) in [6, 6.07) is 63.6. The lowest BCUT2D eigenvalue weighted by atomic mass is 9.88. The van der Waals surface area contributed by atoms with Gasteiger partial charge in [-0.15, -0.1) is 6.42 Å². The van der Waals surface area contributed by atoms with Crippen molar-refractivity contribution in [3.63, 3.8) is 0 Å². The van der Waals surface area contributed by atoms with Gasteiger partial charge in [-0.05, 0) is 186 Å². The Morgan fingerprint density at radius 2 is 1.10 bits per heavy atom. The van der Waals surface area contributed by atoms with E-state index in [4.69, 9.17) is 6.42 Å². The number of para-hydroxylation sites is 1. The minimum absolute atomic E-state index is 0.972. The second-order valence-corrected chi connectivity index (χ2v) is 17.6. The van der Waals surface area contributed by atoms with Gasteiger partial charge in [0, 0.05) is 40.9 Å². The van der Waals surface area contributed by atoms with Gasteiger partial charge in [0.1, 0.15) is 0 Å². The van der Waals surface area contributed by atoms with Crippen molar-refractivity contribution < 1.29 is 0 Å². The van der Waals surface area contributed by atoms with Gasteiger partial charge in [0.05, 0.1) is 5.69 Å². The van der Waals surface area contributed by atoms with Crippen molar-refractivity contribution in [1.29, 1.82) is 0 Å². The smallest absolute Gasteiger partial charge is 0.0542 e. The van der Waals surface area contributed by atoms with E-state index < -0.39 is 0 Å². The van der Waals surface area contributed by atoms with Crippen molar-refractivity contribution in [3.8, 4) is 56.9 Å². The van der Waals surface area contributed by atoms with Gasteiger partial charge in [-0.2, -0.15) is 0 Å². The fourth-order valence-electron chi connectivity index (χ4n) is 9.59. The summed E-state index contributed by atoms with van der Waals surface area (Å²) in [7, 11) is 2.11. The average molecular weight is 923 g/mol. The molecule has 0 spiro atoms. The molecule has 0 saturated heterocycles. The number of rotatable bonds is 14. The molecule has 8 aromatic rings. The van der Waals surface area contributed by atoms with Crippen LogP contribution in [0.1, 0.15) is 61.1 Å². The van der Waals surface area contributed by atoms with Gasteiger partial charge in [0.25, 0.3) is 0 Å². The standard InChI is InChI=1S/C67H60N2.C2H6/c1-11-23-53(24-12-2)67-62(32-22-33-64(67)68(10)55-27-16-15-17-28-55)52-39-43-57(44-40-52)69(56-41-37-51(38-42-56)54-36-35-48(7)63(45-54)58(14-4)46(5)13-3)65-34-20-26-49(8)66(65)61-31-21-30-60(50(61)9)59-29-19-18-25-47(59)6;1-2/h1,12-45H,3-4H2,2,5-10H3;1-2H3/b24-12-,53-23+,58-46+;. The van der Waals surface area contributed by atoms with Crippen molar-refractivity contribution in [2.45, 2.75) is 55.4 Å². The molecule has 0 aliphatic heterocycles. The van der Waals surface area contributed by atoms with Crippen LogP contribution in [0, 0.1) is 40.0 Å². The first-order valence-electron chi connectivity index (χ1n) is 24.6. The molecule has 0 unspecified atom stereocenters. The predicted molar refractivity (Wildman–Crippen MR) is 312 cm³/mol. The number of allylic oxidation sites excluding steroid dienone is 8. The van der Waals surface area contributed by atoms with Gasteiger partial charge in [0.2, 0.25) is 0 Å². The summed E-state index contributed by atoms with van der Waals surface area (Å²) < 4.78 is 0. The van der Waals surface area contributed by atoms with Gasteiger partial charge < -0.3 is 9.80 Å². The molecule has 0 bridgehead atoms. The molecule has 352 valence electrons. The van der Waals surface area contributed by atoms with Gasteiger partial charge in [-0.3, -0.25) is 0 Å². The molecule has 0 aromatic heterocycles. The Balaban J connectivity index is 0.00000366.